The third-order valence-electron chi connectivity index (χ3n) is 5.51. The number of carbonyl (C=O) groups excluding carboxylic acids is 1. The molecule has 2 aliphatic rings. The average Bonchev–Trinajstić information content (AvgIpc) is 3.18. The normalized spacial score (nSPS) is 17.0. The highest BCUT2D eigenvalue weighted by Crippen LogP contribution is 2.31. The number of nitrogens with one attached hydrogen (secondary N) is 1. The Morgan fingerprint density at radius 3 is 2.83 bits per heavy atom. The van der Waals surface area contributed by atoms with Gasteiger partial charge in [-0.1, -0.05) is 24.3 Å². The maximum absolute atomic E-state index is 12.9. The molecule has 2 aliphatic heterocycles. The van der Waals surface area contributed by atoms with E-state index in [4.69, 9.17) is 16.3 Å². The fourth-order valence-electron chi connectivity index (χ4n) is 3.87. The lowest BCUT2D eigenvalue weighted by molar-refractivity contribution is 0.0429. The van der Waals surface area contributed by atoms with Crippen molar-refractivity contribution < 1.29 is 14.6 Å². The van der Waals surface area contributed by atoms with Crippen LogP contribution in [0.2, 0.25) is 5.28 Å². The second-order valence-corrected chi connectivity index (χ2v) is 7.93. The van der Waals surface area contributed by atoms with Gasteiger partial charge in [0.2, 0.25) is 5.28 Å². The van der Waals surface area contributed by atoms with Crippen LogP contribution in [0.3, 0.4) is 0 Å². The van der Waals surface area contributed by atoms with Crippen LogP contribution in [0.5, 0.6) is 0 Å². The molecule has 2 aromatic rings. The van der Waals surface area contributed by atoms with E-state index in [1.54, 1.807) is 4.90 Å². The second kappa shape index (κ2) is 9.16. The summed E-state index contributed by atoms with van der Waals surface area (Å²) < 4.78 is 5.34. The molecular formula is C21H26ClN5O3. The smallest absolute Gasteiger partial charge is 0.320 e. The maximum Gasteiger partial charge on any atom is 0.320 e. The predicted molar refractivity (Wildman–Crippen MR) is 113 cm³/mol. The molecule has 0 aliphatic carbocycles. The molecule has 2 N–H and O–H groups in total. The minimum Gasteiger partial charge on any atom is -0.396 e. The molecule has 1 atom stereocenters. The summed E-state index contributed by atoms with van der Waals surface area (Å²) in [6.45, 7) is 5.37. The van der Waals surface area contributed by atoms with Crippen LogP contribution in [-0.4, -0.2) is 63.8 Å². The summed E-state index contributed by atoms with van der Waals surface area (Å²) in [7, 11) is 0. The van der Waals surface area contributed by atoms with Gasteiger partial charge in [-0.25, -0.2) is 14.8 Å². The van der Waals surface area contributed by atoms with Crippen LogP contribution in [-0.2, 0) is 24.2 Å². The Bertz CT molecular complexity index is 920. The summed E-state index contributed by atoms with van der Waals surface area (Å²) in [5, 5.41) is 12.8. The number of carbonyl (C=O) groups is 1. The lowest BCUT2D eigenvalue weighted by Gasteiger charge is -2.30. The van der Waals surface area contributed by atoms with E-state index in [1.165, 1.54) is 0 Å². The first-order valence-electron chi connectivity index (χ1n) is 10.2. The van der Waals surface area contributed by atoms with Crippen molar-refractivity contribution >= 4 is 23.4 Å². The largest absolute Gasteiger partial charge is 0.396 e. The van der Waals surface area contributed by atoms with E-state index in [1.807, 2.05) is 30.0 Å². The molecule has 1 unspecified atom stereocenters. The van der Waals surface area contributed by atoms with Crippen molar-refractivity contribution in [3.05, 3.63) is 51.9 Å². The zero-order valence-electron chi connectivity index (χ0n) is 17.0. The maximum atomic E-state index is 12.9. The number of morpholine rings is 1. The molecule has 1 aromatic carbocycles. The molecule has 3 heterocycles. The van der Waals surface area contributed by atoms with Gasteiger partial charge in [0.25, 0.3) is 0 Å². The molecule has 4 rings (SSSR count). The molecule has 1 fully saturated rings. The van der Waals surface area contributed by atoms with Gasteiger partial charge in [-0.15, -0.1) is 0 Å². The van der Waals surface area contributed by atoms with Crippen LogP contribution < -0.4 is 5.32 Å². The number of amides is 2. The van der Waals surface area contributed by atoms with Gasteiger partial charge >= 0.3 is 6.03 Å². The summed E-state index contributed by atoms with van der Waals surface area (Å²) >= 11 is 6.18. The molecule has 0 spiro atoms. The van der Waals surface area contributed by atoms with Crippen molar-refractivity contribution in [3.8, 4) is 0 Å². The quantitative estimate of drug-likeness (QED) is 0.707. The Hall–Kier alpha value is -2.42. The van der Waals surface area contributed by atoms with Crippen LogP contribution in [0.25, 0.3) is 0 Å². The Morgan fingerprint density at radius 2 is 2.07 bits per heavy atom. The first kappa shape index (κ1) is 20.8. The number of anilines is 1. The molecule has 1 saturated heterocycles. The van der Waals surface area contributed by atoms with E-state index in [-0.39, 0.29) is 24.0 Å². The highest BCUT2D eigenvalue weighted by Gasteiger charge is 2.32. The molecule has 1 aromatic heterocycles. The SMILES string of the molecule is CC(Nc1nc(Cl)nc2c1CN(C(=O)N1CCOCC1)C2)c1cccc(CCO)c1. The highest BCUT2D eigenvalue weighted by atomic mass is 35.5. The fraction of sp³-hybridized carbons (Fsp3) is 0.476. The van der Waals surface area contributed by atoms with Gasteiger partial charge in [-0.3, -0.25) is 0 Å². The number of hydrogen-bond donors (Lipinski definition) is 2. The van der Waals surface area contributed by atoms with Crippen molar-refractivity contribution in [1.82, 2.24) is 19.8 Å². The molecule has 160 valence electrons. The second-order valence-electron chi connectivity index (χ2n) is 7.59. The summed E-state index contributed by atoms with van der Waals surface area (Å²) in [5.41, 5.74) is 3.85. The number of nitrogens with zero attached hydrogens (tertiary/aromatic N) is 4. The van der Waals surface area contributed by atoms with Gasteiger partial charge in [0.05, 0.1) is 32.0 Å². The minimum atomic E-state index is -0.0253. The van der Waals surface area contributed by atoms with E-state index in [0.29, 0.717) is 51.6 Å². The molecule has 0 bridgehead atoms. The number of aliphatic hydroxyl groups is 1. The van der Waals surface area contributed by atoms with E-state index < -0.39 is 0 Å². The first-order chi connectivity index (χ1) is 14.5. The summed E-state index contributed by atoms with van der Waals surface area (Å²) in [4.78, 5) is 25.2. The Kier molecular flexibility index (Phi) is 6.36. The first-order valence-corrected chi connectivity index (χ1v) is 10.6. The lowest BCUT2D eigenvalue weighted by atomic mass is 10.0. The zero-order valence-corrected chi connectivity index (χ0v) is 17.7. The van der Waals surface area contributed by atoms with E-state index in [9.17, 15) is 9.90 Å². The fourth-order valence-corrected chi connectivity index (χ4v) is 4.06. The Balaban J connectivity index is 1.51. The molecule has 9 heteroatoms. The van der Waals surface area contributed by atoms with Crippen LogP contribution in [0.4, 0.5) is 10.6 Å². The number of urea groups is 1. The van der Waals surface area contributed by atoms with Crippen molar-refractivity contribution in [1.29, 1.82) is 0 Å². The molecule has 2 amide bonds. The molecule has 8 nitrogen and oxygen atoms in total. The summed E-state index contributed by atoms with van der Waals surface area (Å²) in [6, 6.07) is 8.06. The molecule has 30 heavy (non-hydrogen) atoms. The summed E-state index contributed by atoms with van der Waals surface area (Å²) in [5.74, 6) is 0.655. The topological polar surface area (TPSA) is 90.8 Å². The third kappa shape index (κ3) is 4.50. The van der Waals surface area contributed by atoms with E-state index >= 15 is 0 Å². The number of rotatable bonds is 5. The minimum absolute atomic E-state index is 0.0110. The lowest BCUT2D eigenvalue weighted by Crippen LogP contribution is -2.46. The number of fused-ring (bicyclic) bond motifs is 1. The number of aromatic nitrogens is 2. The number of hydrogen-bond acceptors (Lipinski definition) is 6. The van der Waals surface area contributed by atoms with Gasteiger partial charge in [-0.2, -0.15) is 0 Å². The van der Waals surface area contributed by atoms with Gasteiger partial charge in [-0.05, 0) is 36.1 Å². The van der Waals surface area contributed by atoms with Crippen LogP contribution in [0.1, 0.15) is 35.3 Å². The summed E-state index contributed by atoms with van der Waals surface area (Å²) in [6.07, 6.45) is 0.619. The molecule has 0 radical (unpaired) electrons. The van der Waals surface area contributed by atoms with Gasteiger partial charge in [0, 0.05) is 31.3 Å². The highest BCUT2D eigenvalue weighted by molar-refractivity contribution is 6.28. The van der Waals surface area contributed by atoms with E-state index in [2.05, 4.69) is 21.4 Å². The van der Waals surface area contributed by atoms with Crippen molar-refractivity contribution in [2.24, 2.45) is 0 Å². The number of aliphatic hydroxyl groups excluding tert-OH is 1. The van der Waals surface area contributed by atoms with Crippen LogP contribution in [0.15, 0.2) is 24.3 Å². The zero-order chi connectivity index (χ0) is 21.1. The monoisotopic (exact) mass is 431 g/mol. The third-order valence-corrected chi connectivity index (χ3v) is 5.68. The van der Waals surface area contributed by atoms with Gasteiger partial charge < -0.3 is 25.0 Å². The van der Waals surface area contributed by atoms with Crippen LogP contribution >= 0.6 is 11.6 Å². The van der Waals surface area contributed by atoms with Gasteiger partial charge in [0.1, 0.15) is 5.82 Å². The Morgan fingerprint density at radius 1 is 1.27 bits per heavy atom. The number of halogens is 1. The average molecular weight is 432 g/mol. The molecular weight excluding hydrogens is 406 g/mol. The predicted octanol–water partition coefficient (Wildman–Crippen LogP) is 2.61. The Labute approximate surface area is 180 Å². The number of benzene rings is 1. The van der Waals surface area contributed by atoms with Crippen LogP contribution in [0, 0.1) is 0 Å². The van der Waals surface area contributed by atoms with E-state index in [0.717, 1.165) is 22.4 Å². The number of ether oxygens (including phenoxy) is 1. The van der Waals surface area contributed by atoms with Gasteiger partial charge in [0.15, 0.2) is 0 Å². The standard InChI is InChI=1S/C21H26ClN5O3/c1-14(16-4-2-3-15(11-16)5-8-28)23-19-17-12-27(13-18(17)24-20(22)25-19)21(29)26-6-9-30-10-7-26/h2-4,11,14,28H,5-10,12-13H2,1H3,(H,23,24,25). The van der Waals surface area contributed by atoms with Crippen molar-refractivity contribution in [2.45, 2.75) is 32.5 Å². The van der Waals surface area contributed by atoms with Crippen molar-refractivity contribution in [2.75, 3.05) is 38.2 Å². The van der Waals surface area contributed by atoms with Crippen molar-refractivity contribution in [3.63, 3.8) is 0 Å². The molecule has 0 saturated carbocycles.